The highest BCUT2D eigenvalue weighted by molar-refractivity contribution is 5.44. The average molecular weight is 233 g/mol. The lowest BCUT2D eigenvalue weighted by Gasteiger charge is -2.37. The molecular weight excluding hydrogens is 214 g/mol. The van der Waals surface area contributed by atoms with Gasteiger partial charge in [-0.25, -0.2) is 0 Å². The molecule has 91 valence electrons. The molecule has 1 radical (unpaired) electrons. The number of nitrogens with zero attached hydrogens (tertiary/aromatic N) is 1. The predicted octanol–water partition coefficient (Wildman–Crippen LogP) is 2.60. The molecular formula is C14H19NO2+. The molecule has 1 aromatic rings. The Hall–Kier alpha value is -1.48. The minimum absolute atomic E-state index is 0.183. The van der Waals surface area contributed by atoms with Crippen LogP contribution in [0.2, 0.25) is 0 Å². The minimum atomic E-state index is -0.259. The lowest BCUT2D eigenvalue weighted by molar-refractivity contribution is -0.0721. The molecule has 3 nitrogen and oxygen atoms in total. The van der Waals surface area contributed by atoms with Crippen LogP contribution in [0.5, 0.6) is 0 Å². The second kappa shape index (κ2) is 4.41. The van der Waals surface area contributed by atoms with Crippen molar-refractivity contribution >= 4 is 5.69 Å². The first kappa shape index (κ1) is 12.0. The molecule has 0 fully saturated rings. The van der Waals surface area contributed by atoms with Crippen LogP contribution in [0.1, 0.15) is 12.5 Å². The van der Waals surface area contributed by atoms with E-state index in [1.54, 1.807) is 0 Å². The number of aryl methyl sites for hydroxylation is 1. The van der Waals surface area contributed by atoms with Crippen molar-refractivity contribution in [1.82, 2.24) is 4.48 Å². The normalized spacial score (nSPS) is 17.6. The highest BCUT2D eigenvalue weighted by Crippen LogP contribution is 2.27. The van der Waals surface area contributed by atoms with Gasteiger partial charge in [0.1, 0.15) is 11.9 Å². The summed E-state index contributed by atoms with van der Waals surface area (Å²) in [5.74, 6) is 0. The maximum Gasteiger partial charge on any atom is 0.293 e. The fourth-order valence-electron chi connectivity index (χ4n) is 1.96. The van der Waals surface area contributed by atoms with Gasteiger partial charge >= 0.3 is 0 Å². The van der Waals surface area contributed by atoms with Crippen LogP contribution in [0.15, 0.2) is 30.5 Å². The summed E-state index contributed by atoms with van der Waals surface area (Å²) >= 11 is 0. The van der Waals surface area contributed by atoms with Crippen LogP contribution in [0.3, 0.4) is 0 Å². The maximum atomic E-state index is 5.38. The van der Waals surface area contributed by atoms with Crippen molar-refractivity contribution in [3.63, 3.8) is 0 Å². The van der Waals surface area contributed by atoms with Crippen LogP contribution in [0, 0.1) is 13.2 Å². The zero-order valence-corrected chi connectivity index (χ0v) is 10.8. The molecule has 17 heavy (non-hydrogen) atoms. The summed E-state index contributed by atoms with van der Waals surface area (Å²) in [4.78, 5) is 0. The fraction of sp³-hybridized carbons (Fsp3) is 0.429. The Kier molecular flexibility index (Phi) is 3.11. The Balaban J connectivity index is 2.22. The fourth-order valence-corrected chi connectivity index (χ4v) is 1.96. The lowest BCUT2D eigenvalue weighted by Crippen LogP contribution is -2.54. The van der Waals surface area contributed by atoms with E-state index in [9.17, 15) is 0 Å². The number of hydrogen-bond donors (Lipinski definition) is 0. The van der Waals surface area contributed by atoms with Crippen LogP contribution in [-0.2, 0) is 9.47 Å². The van der Waals surface area contributed by atoms with E-state index in [2.05, 4.69) is 58.5 Å². The number of likely N-dealkylation sites (N-methyl/N-ethyl adjacent to an activating group) is 1. The van der Waals surface area contributed by atoms with E-state index in [0.717, 1.165) is 0 Å². The van der Waals surface area contributed by atoms with Gasteiger partial charge in [-0.05, 0) is 25.5 Å². The molecule has 0 aliphatic carbocycles. The van der Waals surface area contributed by atoms with Gasteiger partial charge in [-0.3, -0.25) is 4.48 Å². The zero-order valence-electron chi connectivity index (χ0n) is 10.8. The van der Waals surface area contributed by atoms with Crippen LogP contribution >= 0.6 is 0 Å². The van der Waals surface area contributed by atoms with E-state index in [-0.39, 0.29) is 12.3 Å². The van der Waals surface area contributed by atoms with Gasteiger partial charge in [0, 0.05) is 6.07 Å². The molecule has 1 aromatic carbocycles. The highest BCUT2D eigenvalue weighted by atomic mass is 16.7. The third-order valence-electron chi connectivity index (χ3n) is 3.51. The van der Waals surface area contributed by atoms with Gasteiger partial charge in [0.2, 0.25) is 6.26 Å². The van der Waals surface area contributed by atoms with E-state index in [0.29, 0.717) is 4.48 Å². The van der Waals surface area contributed by atoms with Crippen LogP contribution < -0.4 is 4.48 Å². The summed E-state index contributed by atoms with van der Waals surface area (Å²) in [6, 6.07) is 8.70. The molecule has 0 saturated heterocycles. The molecule has 3 heteroatoms. The number of quaternary nitrogens is 1. The van der Waals surface area contributed by atoms with Gasteiger partial charge in [0.05, 0.1) is 14.1 Å². The quantitative estimate of drug-likeness (QED) is 0.747. The maximum absolute atomic E-state index is 5.38. The van der Waals surface area contributed by atoms with Crippen molar-refractivity contribution in [1.29, 1.82) is 0 Å². The third kappa shape index (κ3) is 2.29. The van der Waals surface area contributed by atoms with Gasteiger partial charge in [-0.15, -0.1) is 0 Å². The number of rotatable bonds is 3. The molecule has 1 heterocycles. The Morgan fingerprint density at radius 1 is 1.35 bits per heavy atom. The first-order valence-electron chi connectivity index (χ1n) is 5.81. The molecule has 0 amide bonds. The van der Waals surface area contributed by atoms with Crippen LogP contribution in [0.25, 0.3) is 0 Å². The molecule has 0 aromatic heterocycles. The molecule has 0 N–H and O–H groups in total. The zero-order chi connectivity index (χ0) is 12.5. The lowest BCUT2D eigenvalue weighted by atomic mass is 10.1. The van der Waals surface area contributed by atoms with Gasteiger partial charge in [0.25, 0.3) is 6.29 Å². The van der Waals surface area contributed by atoms with Crippen molar-refractivity contribution in [2.24, 2.45) is 0 Å². The largest absolute Gasteiger partial charge is 0.453 e. The molecule has 0 spiro atoms. The Bertz CT molecular complexity index is 418. The SMILES string of the molecule is Cc1cccc([N+](C)(C)C(C)C2O[C]=CO2)c1. The highest BCUT2D eigenvalue weighted by Gasteiger charge is 2.37. The molecule has 1 aliphatic rings. The van der Waals surface area contributed by atoms with Crippen molar-refractivity contribution in [3.05, 3.63) is 42.4 Å². The molecule has 2 atom stereocenters. The first-order valence-corrected chi connectivity index (χ1v) is 5.81. The smallest absolute Gasteiger partial charge is 0.293 e. The van der Waals surface area contributed by atoms with E-state index in [1.807, 2.05) is 0 Å². The molecule has 0 bridgehead atoms. The van der Waals surface area contributed by atoms with E-state index >= 15 is 0 Å². The summed E-state index contributed by atoms with van der Waals surface area (Å²) in [6.07, 6.45) is 3.86. The van der Waals surface area contributed by atoms with E-state index in [1.165, 1.54) is 17.5 Å². The number of ether oxygens (including phenoxy) is 2. The van der Waals surface area contributed by atoms with Gasteiger partial charge in [-0.2, -0.15) is 0 Å². The van der Waals surface area contributed by atoms with Crippen molar-refractivity contribution in [2.75, 3.05) is 14.1 Å². The second-order valence-corrected chi connectivity index (χ2v) is 4.98. The second-order valence-electron chi connectivity index (χ2n) is 4.98. The Morgan fingerprint density at radius 2 is 2.12 bits per heavy atom. The summed E-state index contributed by atoms with van der Waals surface area (Å²) in [5, 5.41) is 0. The van der Waals surface area contributed by atoms with Crippen LogP contribution in [0.4, 0.5) is 5.69 Å². The standard InChI is InChI=1S/C14H19NO2/c1-11-6-5-7-13(10-11)15(3,4)12(2)14-16-8-9-17-14/h5-8,10,12,14H,1-4H3/q+1. The molecule has 2 unspecified atom stereocenters. The number of benzene rings is 1. The first-order chi connectivity index (χ1) is 8.01. The molecule has 0 saturated carbocycles. The monoisotopic (exact) mass is 233 g/mol. The van der Waals surface area contributed by atoms with Crippen LogP contribution in [-0.4, -0.2) is 26.4 Å². The van der Waals surface area contributed by atoms with Crippen molar-refractivity contribution in [3.8, 4) is 0 Å². The number of hydrogen-bond acceptors (Lipinski definition) is 2. The van der Waals surface area contributed by atoms with Gasteiger partial charge in [0.15, 0.2) is 6.04 Å². The molecule has 2 rings (SSSR count). The molecule has 1 aliphatic heterocycles. The topological polar surface area (TPSA) is 18.5 Å². The van der Waals surface area contributed by atoms with E-state index < -0.39 is 0 Å². The van der Waals surface area contributed by atoms with E-state index in [4.69, 9.17) is 9.47 Å². The Labute approximate surface area is 103 Å². The van der Waals surface area contributed by atoms with Crippen molar-refractivity contribution < 1.29 is 9.47 Å². The summed E-state index contributed by atoms with van der Waals surface area (Å²) in [6.45, 7) is 4.22. The Morgan fingerprint density at radius 3 is 2.71 bits per heavy atom. The van der Waals surface area contributed by atoms with Crippen molar-refractivity contribution in [2.45, 2.75) is 26.2 Å². The summed E-state index contributed by atoms with van der Waals surface area (Å²) in [5.41, 5.74) is 2.51. The van der Waals surface area contributed by atoms with Gasteiger partial charge < -0.3 is 9.47 Å². The summed E-state index contributed by atoms with van der Waals surface area (Å²) in [7, 11) is 4.31. The third-order valence-corrected chi connectivity index (χ3v) is 3.51. The summed E-state index contributed by atoms with van der Waals surface area (Å²) < 4.78 is 11.4. The van der Waals surface area contributed by atoms with Gasteiger partial charge in [-0.1, -0.05) is 12.1 Å². The minimum Gasteiger partial charge on any atom is -0.453 e. The average Bonchev–Trinajstić information content (AvgIpc) is 2.81. The predicted molar refractivity (Wildman–Crippen MR) is 68.1 cm³/mol.